The van der Waals surface area contributed by atoms with Crippen LogP contribution in [0, 0.1) is 0 Å². The van der Waals surface area contributed by atoms with Gasteiger partial charge in [-0.1, -0.05) is 13.3 Å². The van der Waals surface area contributed by atoms with E-state index in [-0.39, 0.29) is 15.4 Å². The van der Waals surface area contributed by atoms with Crippen molar-refractivity contribution in [1.82, 2.24) is 0 Å². The predicted molar refractivity (Wildman–Crippen MR) is 83.9 cm³/mol. The summed E-state index contributed by atoms with van der Waals surface area (Å²) in [5.41, 5.74) is 0.474. The maximum atomic E-state index is 12.6. The van der Waals surface area contributed by atoms with Crippen molar-refractivity contribution in [2.24, 2.45) is 0 Å². The van der Waals surface area contributed by atoms with E-state index in [4.69, 9.17) is 11.6 Å². The molecule has 1 aromatic carbocycles. The van der Waals surface area contributed by atoms with Gasteiger partial charge in [-0.15, -0.1) is 0 Å². The van der Waals surface area contributed by atoms with Crippen molar-refractivity contribution >= 4 is 36.5 Å². The molecule has 0 amide bonds. The summed E-state index contributed by atoms with van der Waals surface area (Å²) in [7, 11) is -7.53. The zero-order valence-electron chi connectivity index (χ0n) is 12.3. The zero-order valence-corrected chi connectivity index (χ0v) is 14.7. The molecule has 5 nitrogen and oxygen atoms in total. The molecule has 0 saturated heterocycles. The highest BCUT2D eigenvalue weighted by molar-refractivity contribution is 7.94. The lowest BCUT2D eigenvalue weighted by atomic mass is 10.00. The van der Waals surface area contributed by atoms with Crippen LogP contribution in [-0.4, -0.2) is 33.6 Å². The Hall–Kier alpha value is -0.920. The lowest BCUT2D eigenvalue weighted by Gasteiger charge is -2.26. The first-order chi connectivity index (χ1) is 10.1. The van der Waals surface area contributed by atoms with Crippen molar-refractivity contribution in [3.63, 3.8) is 0 Å². The third-order valence-electron chi connectivity index (χ3n) is 3.96. The number of sulfone groups is 2. The highest BCUT2D eigenvalue weighted by Crippen LogP contribution is 2.35. The van der Waals surface area contributed by atoms with Gasteiger partial charge in [-0.05, 0) is 48.6 Å². The monoisotopic (exact) mass is 364 g/mol. The first-order valence-electron chi connectivity index (χ1n) is 6.89. The Bertz CT molecular complexity index is 821. The summed E-state index contributed by atoms with van der Waals surface area (Å²) in [6, 6.07) is 2.38. The zero-order chi connectivity index (χ0) is 16.7. The summed E-state index contributed by atoms with van der Waals surface area (Å²) >= 11 is 5.49. The summed E-state index contributed by atoms with van der Waals surface area (Å²) in [5.74, 6) is 0. The molecule has 1 aromatic rings. The van der Waals surface area contributed by atoms with E-state index in [0.29, 0.717) is 24.8 Å². The Kier molecular flexibility index (Phi) is 4.71. The number of rotatable bonds is 5. The number of carbonyl (C=O) groups excluding carboxylic acids is 1. The Morgan fingerprint density at radius 3 is 2.14 bits per heavy atom. The SMILES string of the molecule is CCc1cc(S(=O)(=O)C2CCC2)c(S(C)(=O)=O)cc1C(=O)Cl. The Morgan fingerprint density at radius 1 is 1.18 bits per heavy atom. The largest absolute Gasteiger partial charge is 0.276 e. The molecule has 1 saturated carbocycles. The molecule has 0 N–H and O–H groups in total. The van der Waals surface area contributed by atoms with Crippen LogP contribution in [0.3, 0.4) is 0 Å². The average molecular weight is 365 g/mol. The van der Waals surface area contributed by atoms with Gasteiger partial charge in [0.2, 0.25) is 0 Å². The van der Waals surface area contributed by atoms with Gasteiger partial charge in [-0.3, -0.25) is 4.79 Å². The van der Waals surface area contributed by atoms with E-state index in [1.807, 2.05) is 0 Å². The average Bonchev–Trinajstić information content (AvgIpc) is 2.33. The van der Waals surface area contributed by atoms with Crippen molar-refractivity contribution in [2.45, 2.75) is 47.6 Å². The minimum atomic E-state index is -3.81. The fourth-order valence-electron chi connectivity index (χ4n) is 2.45. The van der Waals surface area contributed by atoms with Gasteiger partial charge in [0.1, 0.15) is 0 Å². The maximum Gasteiger partial charge on any atom is 0.252 e. The first kappa shape index (κ1) is 17.4. The van der Waals surface area contributed by atoms with Gasteiger partial charge in [-0.25, -0.2) is 16.8 Å². The van der Waals surface area contributed by atoms with Crippen LogP contribution in [0.2, 0.25) is 0 Å². The molecule has 0 bridgehead atoms. The number of benzene rings is 1. The fraction of sp³-hybridized carbons (Fsp3) is 0.500. The minimum Gasteiger partial charge on any atom is -0.276 e. The highest BCUT2D eigenvalue weighted by Gasteiger charge is 2.36. The molecule has 0 unspecified atom stereocenters. The lowest BCUT2D eigenvalue weighted by molar-refractivity contribution is 0.108. The molecule has 0 aromatic heterocycles. The third kappa shape index (κ3) is 3.07. The molecule has 0 atom stereocenters. The van der Waals surface area contributed by atoms with Crippen molar-refractivity contribution in [3.05, 3.63) is 23.3 Å². The van der Waals surface area contributed by atoms with Gasteiger partial charge in [0.05, 0.1) is 15.0 Å². The van der Waals surface area contributed by atoms with E-state index in [9.17, 15) is 21.6 Å². The predicted octanol–water partition coefficient (Wildman–Crippen LogP) is 2.36. The van der Waals surface area contributed by atoms with Crippen LogP contribution in [0.25, 0.3) is 0 Å². The normalized spacial score (nSPS) is 16.3. The van der Waals surface area contributed by atoms with Crippen molar-refractivity contribution in [3.8, 4) is 0 Å². The molecule has 0 heterocycles. The van der Waals surface area contributed by atoms with E-state index in [2.05, 4.69) is 0 Å². The van der Waals surface area contributed by atoms with E-state index in [1.54, 1.807) is 6.92 Å². The highest BCUT2D eigenvalue weighted by atomic mass is 35.5. The molecule has 0 spiro atoms. The Labute approximate surface area is 135 Å². The number of halogens is 1. The van der Waals surface area contributed by atoms with Gasteiger partial charge < -0.3 is 0 Å². The van der Waals surface area contributed by atoms with E-state index < -0.39 is 30.2 Å². The van der Waals surface area contributed by atoms with Crippen LogP contribution >= 0.6 is 11.6 Å². The second kappa shape index (κ2) is 5.94. The van der Waals surface area contributed by atoms with Crippen molar-refractivity contribution in [2.75, 3.05) is 6.26 Å². The van der Waals surface area contributed by atoms with E-state index in [0.717, 1.165) is 18.7 Å². The third-order valence-corrected chi connectivity index (χ3v) is 7.73. The standard InChI is InChI=1S/C14H17ClO5S2/c1-3-9-7-13(22(19,20)10-5-4-6-10)12(21(2,17)18)8-11(9)14(15)16/h7-8,10H,3-6H2,1-2H3. The van der Waals surface area contributed by atoms with E-state index >= 15 is 0 Å². The summed E-state index contributed by atoms with van der Waals surface area (Å²) in [6.45, 7) is 1.75. The molecule has 122 valence electrons. The second-order valence-electron chi connectivity index (χ2n) is 5.45. The van der Waals surface area contributed by atoms with Crippen LogP contribution in [0.4, 0.5) is 0 Å². The first-order valence-corrected chi connectivity index (χ1v) is 10.7. The van der Waals surface area contributed by atoms with Gasteiger partial charge >= 0.3 is 0 Å². The number of hydrogen-bond donors (Lipinski definition) is 0. The molecule has 2 rings (SSSR count). The number of aryl methyl sites for hydroxylation is 1. The van der Waals surface area contributed by atoms with E-state index in [1.165, 1.54) is 6.07 Å². The quantitative estimate of drug-likeness (QED) is 0.748. The maximum absolute atomic E-state index is 12.6. The molecule has 8 heteroatoms. The van der Waals surface area contributed by atoms with Crippen LogP contribution in [0.15, 0.2) is 21.9 Å². The summed E-state index contributed by atoms with van der Waals surface area (Å²) in [4.78, 5) is 10.9. The van der Waals surface area contributed by atoms with Gasteiger partial charge in [-0.2, -0.15) is 0 Å². The molecule has 0 aliphatic heterocycles. The molecule has 1 aliphatic carbocycles. The summed E-state index contributed by atoms with van der Waals surface area (Å²) in [6.07, 6.45) is 3.19. The summed E-state index contributed by atoms with van der Waals surface area (Å²) in [5, 5.41) is -1.34. The molecule has 22 heavy (non-hydrogen) atoms. The molecule has 0 radical (unpaired) electrons. The van der Waals surface area contributed by atoms with Crippen molar-refractivity contribution < 1.29 is 21.6 Å². The lowest BCUT2D eigenvalue weighted by Crippen LogP contribution is -2.29. The van der Waals surface area contributed by atoms with Crippen LogP contribution in [0.1, 0.15) is 42.1 Å². The molecular weight excluding hydrogens is 348 g/mol. The minimum absolute atomic E-state index is 0.0390. The molecule has 1 fully saturated rings. The molecular formula is C14H17ClO5S2. The van der Waals surface area contributed by atoms with Crippen LogP contribution < -0.4 is 0 Å². The smallest absolute Gasteiger partial charge is 0.252 e. The van der Waals surface area contributed by atoms with Gasteiger partial charge in [0.25, 0.3) is 5.24 Å². The second-order valence-corrected chi connectivity index (χ2v) is 9.98. The summed E-state index contributed by atoms with van der Waals surface area (Å²) < 4.78 is 49.3. The Morgan fingerprint density at radius 2 is 1.77 bits per heavy atom. The van der Waals surface area contributed by atoms with Crippen LogP contribution in [-0.2, 0) is 26.1 Å². The number of hydrogen-bond acceptors (Lipinski definition) is 5. The Balaban J connectivity index is 2.79. The van der Waals surface area contributed by atoms with Crippen LogP contribution in [0.5, 0.6) is 0 Å². The van der Waals surface area contributed by atoms with Gasteiger partial charge in [0.15, 0.2) is 19.7 Å². The van der Waals surface area contributed by atoms with Gasteiger partial charge in [0, 0.05) is 11.8 Å². The number of carbonyl (C=O) groups is 1. The van der Waals surface area contributed by atoms with Crippen molar-refractivity contribution in [1.29, 1.82) is 0 Å². The fourth-order valence-corrected chi connectivity index (χ4v) is 6.14. The molecule has 1 aliphatic rings. The topological polar surface area (TPSA) is 85.3 Å².